The quantitative estimate of drug-likeness (QED) is 0.785. The summed E-state index contributed by atoms with van der Waals surface area (Å²) in [5, 5.41) is 14.5. The summed E-state index contributed by atoms with van der Waals surface area (Å²) in [7, 11) is 3.25. The minimum Gasteiger partial charge on any atom is -0.497 e. The van der Waals surface area contributed by atoms with Gasteiger partial charge in [0, 0.05) is 17.4 Å². The van der Waals surface area contributed by atoms with Gasteiger partial charge in [-0.05, 0) is 44.3 Å². The molecule has 2 aromatic rings. The summed E-state index contributed by atoms with van der Waals surface area (Å²) in [5.41, 5.74) is 1.63. The van der Waals surface area contributed by atoms with Gasteiger partial charge in [-0.15, -0.1) is 0 Å². The summed E-state index contributed by atoms with van der Waals surface area (Å²) in [6.45, 7) is 1.76. The fourth-order valence-electron chi connectivity index (χ4n) is 2.38. The second-order valence-electron chi connectivity index (χ2n) is 6.05. The van der Waals surface area contributed by atoms with E-state index in [9.17, 15) is 9.59 Å². The summed E-state index contributed by atoms with van der Waals surface area (Å²) in [5.74, 6) is 0.146. The molecule has 140 valence electrons. The van der Waals surface area contributed by atoms with E-state index in [4.69, 9.17) is 10.00 Å². The van der Waals surface area contributed by atoms with Crippen molar-refractivity contribution in [2.45, 2.75) is 13.0 Å². The number of benzene rings is 2. The molecule has 2 aromatic carbocycles. The van der Waals surface area contributed by atoms with Crippen LogP contribution in [0.25, 0.3) is 0 Å². The lowest BCUT2D eigenvalue weighted by Crippen LogP contribution is -2.43. The number of anilines is 2. The Morgan fingerprint density at radius 1 is 1.15 bits per heavy atom. The number of hydrogen-bond donors (Lipinski definition) is 2. The van der Waals surface area contributed by atoms with Crippen molar-refractivity contribution in [3.8, 4) is 11.8 Å². The Hall–Kier alpha value is -3.37. The van der Waals surface area contributed by atoms with Crippen molar-refractivity contribution in [3.05, 3.63) is 54.1 Å². The molecule has 0 aliphatic carbocycles. The SMILES string of the molecule is COc1cccc(NC(=O)CN(C)[C@H](C)C(=O)Nc2cccc(C#N)c2)c1. The van der Waals surface area contributed by atoms with Crippen molar-refractivity contribution in [3.63, 3.8) is 0 Å². The molecule has 0 heterocycles. The van der Waals surface area contributed by atoms with Crippen molar-refractivity contribution >= 4 is 23.2 Å². The monoisotopic (exact) mass is 366 g/mol. The number of carbonyl (C=O) groups excluding carboxylic acids is 2. The zero-order chi connectivity index (χ0) is 19.8. The van der Waals surface area contributed by atoms with Crippen LogP contribution in [-0.2, 0) is 9.59 Å². The normalized spacial score (nSPS) is 11.4. The summed E-state index contributed by atoms with van der Waals surface area (Å²) in [4.78, 5) is 26.3. The molecule has 0 unspecified atom stereocenters. The maximum atomic E-state index is 12.4. The molecule has 0 bridgehead atoms. The lowest BCUT2D eigenvalue weighted by molar-refractivity contribution is -0.122. The first-order chi connectivity index (χ1) is 12.9. The highest BCUT2D eigenvalue weighted by molar-refractivity contribution is 5.96. The number of amides is 2. The largest absolute Gasteiger partial charge is 0.497 e. The molecule has 0 fully saturated rings. The second-order valence-corrected chi connectivity index (χ2v) is 6.05. The number of rotatable bonds is 7. The molecule has 1 atom stereocenters. The van der Waals surface area contributed by atoms with E-state index in [1.165, 1.54) is 0 Å². The van der Waals surface area contributed by atoms with Gasteiger partial charge in [0.1, 0.15) is 5.75 Å². The molecule has 0 saturated heterocycles. The fourth-order valence-corrected chi connectivity index (χ4v) is 2.38. The molecular weight excluding hydrogens is 344 g/mol. The molecule has 2 rings (SSSR count). The van der Waals surface area contributed by atoms with Crippen LogP contribution >= 0.6 is 0 Å². The average Bonchev–Trinajstić information content (AvgIpc) is 2.67. The van der Waals surface area contributed by atoms with Crippen LogP contribution in [0.15, 0.2) is 48.5 Å². The van der Waals surface area contributed by atoms with Crippen LogP contribution in [0.5, 0.6) is 5.75 Å². The standard InChI is InChI=1S/C20H22N4O3/c1-14(20(26)23-16-7-4-6-15(10-16)12-21)24(2)13-19(25)22-17-8-5-9-18(11-17)27-3/h4-11,14H,13H2,1-3H3,(H,22,25)(H,23,26)/t14-/m1/s1. The number of nitrogens with one attached hydrogen (secondary N) is 2. The molecule has 0 aliphatic rings. The minimum absolute atomic E-state index is 0.0457. The predicted octanol–water partition coefficient (Wildman–Crippen LogP) is 2.46. The highest BCUT2D eigenvalue weighted by atomic mass is 16.5. The first-order valence-electron chi connectivity index (χ1n) is 8.38. The fraction of sp³-hybridized carbons (Fsp3) is 0.250. The second kappa shape index (κ2) is 9.36. The maximum absolute atomic E-state index is 12.4. The Morgan fingerprint density at radius 2 is 1.81 bits per heavy atom. The number of hydrogen-bond acceptors (Lipinski definition) is 5. The van der Waals surface area contributed by atoms with E-state index in [1.807, 2.05) is 6.07 Å². The summed E-state index contributed by atoms with van der Waals surface area (Å²) >= 11 is 0. The Labute approximate surface area is 158 Å². The topological polar surface area (TPSA) is 94.5 Å². The van der Waals surface area contributed by atoms with Gasteiger partial charge in [-0.2, -0.15) is 5.26 Å². The molecule has 2 amide bonds. The van der Waals surface area contributed by atoms with Crippen LogP contribution in [0.2, 0.25) is 0 Å². The molecule has 0 aliphatic heterocycles. The molecule has 0 aromatic heterocycles. The van der Waals surface area contributed by atoms with Crippen LogP contribution in [0.4, 0.5) is 11.4 Å². The van der Waals surface area contributed by atoms with Gasteiger partial charge in [0.05, 0.1) is 31.3 Å². The van der Waals surface area contributed by atoms with E-state index < -0.39 is 6.04 Å². The van der Waals surface area contributed by atoms with Crippen molar-refractivity contribution in [1.82, 2.24) is 4.90 Å². The molecule has 7 heteroatoms. The number of methoxy groups -OCH3 is 1. The molecule has 0 spiro atoms. The molecule has 7 nitrogen and oxygen atoms in total. The molecule has 27 heavy (non-hydrogen) atoms. The summed E-state index contributed by atoms with van der Waals surface area (Å²) in [6, 6.07) is 15.2. The van der Waals surface area contributed by atoms with Crippen LogP contribution in [-0.4, -0.2) is 43.5 Å². The van der Waals surface area contributed by atoms with Gasteiger partial charge in [0.15, 0.2) is 0 Å². The lowest BCUT2D eigenvalue weighted by atomic mass is 10.2. The van der Waals surface area contributed by atoms with E-state index in [2.05, 4.69) is 10.6 Å². The Morgan fingerprint density at radius 3 is 2.48 bits per heavy atom. The van der Waals surface area contributed by atoms with E-state index in [1.54, 1.807) is 74.5 Å². The first kappa shape index (κ1) is 19.9. The van der Waals surface area contributed by atoms with Crippen LogP contribution < -0.4 is 15.4 Å². The van der Waals surface area contributed by atoms with Gasteiger partial charge in [-0.25, -0.2) is 0 Å². The third kappa shape index (κ3) is 5.83. The van der Waals surface area contributed by atoms with Gasteiger partial charge in [-0.1, -0.05) is 12.1 Å². The highest BCUT2D eigenvalue weighted by Gasteiger charge is 2.20. The van der Waals surface area contributed by atoms with Crippen LogP contribution in [0, 0.1) is 11.3 Å². The Bertz CT molecular complexity index is 860. The summed E-state index contributed by atoms with van der Waals surface area (Å²) in [6.07, 6.45) is 0. The van der Waals surface area contributed by atoms with Crippen molar-refractivity contribution in [2.75, 3.05) is 31.3 Å². The first-order valence-corrected chi connectivity index (χ1v) is 8.38. The highest BCUT2D eigenvalue weighted by Crippen LogP contribution is 2.16. The minimum atomic E-state index is -0.535. The van der Waals surface area contributed by atoms with Gasteiger partial charge >= 0.3 is 0 Å². The molecule has 0 radical (unpaired) electrons. The van der Waals surface area contributed by atoms with Crippen LogP contribution in [0.3, 0.4) is 0 Å². The van der Waals surface area contributed by atoms with E-state index in [0.717, 1.165) is 0 Å². The number of likely N-dealkylation sites (N-methyl/N-ethyl adjacent to an activating group) is 1. The van der Waals surface area contributed by atoms with E-state index in [0.29, 0.717) is 22.7 Å². The van der Waals surface area contributed by atoms with Gasteiger partial charge in [-0.3, -0.25) is 14.5 Å². The predicted molar refractivity (Wildman–Crippen MR) is 104 cm³/mol. The molecule has 2 N–H and O–H groups in total. The van der Waals surface area contributed by atoms with E-state index >= 15 is 0 Å². The number of nitriles is 1. The zero-order valence-corrected chi connectivity index (χ0v) is 15.5. The van der Waals surface area contributed by atoms with Gasteiger partial charge in [0.25, 0.3) is 0 Å². The van der Waals surface area contributed by atoms with Gasteiger partial charge < -0.3 is 15.4 Å². The van der Waals surface area contributed by atoms with Gasteiger partial charge in [0.2, 0.25) is 11.8 Å². The number of ether oxygens (including phenoxy) is 1. The molecule has 0 saturated carbocycles. The average molecular weight is 366 g/mol. The maximum Gasteiger partial charge on any atom is 0.241 e. The summed E-state index contributed by atoms with van der Waals surface area (Å²) < 4.78 is 5.13. The smallest absolute Gasteiger partial charge is 0.241 e. The van der Waals surface area contributed by atoms with Crippen molar-refractivity contribution in [2.24, 2.45) is 0 Å². The van der Waals surface area contributed by atoms with E-state index in [-0.39, 0.29) is 18.4 Å². The van der Waals surface area contributed by atoms with Crippen LogP contribution in [0.1, 0.15) is 12.5 Å². The third-order valence-corrected chi connectivity index (χ3v) is 4.05. The Kier molecular flexibility index (Phi) is 6.92. The zero-order valence-electron chi connectivity index (χ0n) is 15.5. The third-order valence-electron chi connectivity index (χ3n) is 4.05. The number of carbonyl (C=O) groups is 2. The lowest BCUT2D eigenvalue weighted by Gasteiger charge is -2.23. The Balaban J connectivity index is 1.91. The molecular formula is C20H22N4O3. The van der Waals surface area contributed by atoms with Crippen molar-refractivity contribution < 1.29 is 14.3 Å². The number of nitrogens with zero attached hydrogens (tertiary/aromatic N) is 2. The van der Waals surface area contributed by atoms with Crippen molar-refractivity contribution in [1.29, 1.82) is 5.26 Å².